The van der Waals surface area contributed by atoms with Gasteiger partial charge in [-0.3, -0.25) is 0 Å². The fourth-order valence-corrected chi connectivity index (χ4v) is 2.89. The Hall–Kier alpha value is -0.770. The zero-order valence-electron chi connectivity index (χ0n) is 13.6. The second-order valence-corrected chi connectivity index (χ2v) is 7.19. The Kier molecular flexibility index (Phi) is 6.80. The molecule has 2 atom stereocenters. The highest BCUT2D eigenvalue weighted by atomic mass is 16.3. The van der Waals surface area contributed by atoms with E-state index in [4.69, 9.17) is 0 Å². The van der Waals surface area contributed by atoms with Gasteiger partial charge in [-0.1, -0.05) is 33.6 Å². The summed E-state index contributed by atoms with van der Waals surface area (Å²) in [5, 5.41) is 12.2. The summed E-state index contributed by atoms with van der Waals surface area (Å²) in [6.07, 6.45) is 6.62. The van der Waals surface area contributed by atoms with E-state index in [1.54, 1.807) is 0 Å². The maximum atomic E-state index is 12.1. The molecule has 1 fully saturated rings. The van der Waals surface area contributed by atoms with Crippen LogP contribution in [-0.2, 0) is 0 Å². The van der Waals surface area contributed by atoms with E-state index in [9.17, 15) is 9.90 Å². The molecule has 1 saturated carbocycles. The van der Waals surface area contributed by atoms with Gasteiger partial charge in [-0.2, -0.15) is 0 Å². The quantitative estimate of drug-likeness (QED) is 0.737. The lowest BCUT2D eigenvalue weighted by molar-refractivity contribution is 0.145. The van der Waals surface area contributed by atoms with Crippen LogP contribution in [0.5, 0.6) is 0 Å². The van der Waals surface area contributed by atoms with Crippen LogP contribution >= 0.6 is 0 Å². The van der Waals surface area contributed by atoms with Crippen LogP contribution in [0.4, 0.5) is 4.79 Å². The van der Waals surface area contributed by atoms with E-state index >= 15 is 0 Å². The minimum atomic E-state index is -0.0462. The lowest BCUT2D eigenvalue weighted by Crippen LogP contribution is -2.45. The normalized spacial score (nSPS) is 23.4. The minimum Gasteiger partial charge on any atom is -0.396 e. The Morgan fingerprint density at radius 2 is 2.10 bits per heavy atom. The van der Waals surface area contributed by atoms with Crippen LogP contribution in [-0.4, -0.2) is 42.3 Å². The van der Waals surface area contributed by atoms with Crippen molar-refractivity contribution in [2.45, 2.75) is 65.3 Å². The molecule has 1 rings (SSSR count). The Balaban J connectivity index is 2.24. The van der Waals surface area contributed by atoms with Gasteiger partial charge in [0, 0.05) is 26.2 Å². The van der Waals surface area contributed by atoms with E-state index in [-0.39, 0.29) is 18.1 Å². The first-order chi connectivity index (χ1) is 9.35. The van der Waals surface area contributed by atoms with Gasteiger partial charge in [-0.05, 0) is 37.0 Å². The lowest BCUT2D eigenvalue weighted by Gasteiger charge is -2.34. The first-order valence-electron chi connectivity index (χ1n) is 7.97. The topological polar surface area (TPSA) is 52.6 Å². The monoisotopic (exact) mass is 284 g/mol. The number of hydrogen-bond donors (Lipinski definition) is 2. The van der Waals surface area contributed by atoms with E-state index in [2.05, 4.69) is 12.2 Å². The van der Waals surface area contributed by atoms with Crippen molar-refractivity contribution in [1.82, 2.24) is 10.2 Å². The highest BCUT2D eigenvalue weighted by Crippen LogP contribution is 2.26. The summed E-state index contributed by atoms with van der Waals surface area (Å²) in [5.74, 6) is 0.731. The molecule has 0 aromatic rings. The van der Waals surface area contributed by atoms with Gasteiger partial charge in [0.05, 0.1) is 0 Å². The van der Waals surface area contributed by atoms with Gasteiger partial charge in [0.2, 0.25) is 0 Å². The lowest BCUT2D eigenvalue weighted by atomic mass is 9.86. The molecule has 2 amide bonds. The number of carbonyl (C=O) groups excluding carboxylic acids is 1. The number of hydrogen-bond acceptors (Lipinski definition) is 2. The van der Waals surface area contributed by atoms with E-state index < -0.39 is 0 Å². The van der Waals surface area contributed by atoms with Crippen molar-refractivity contribution < 1.29 is 9.90 Å². The van der Waals surface area contributed by atoms with Crippen molar-refractivity contribution >= 4 is 6.03 Å². The SMILES string of the molecule is C[C@H]1CCC[C@H](N(C)C(=O)NCCCC(C)(C)CO)C1. The Bertz CT molecular complexity index is 305. The van der Waals surface area contributed by atoms with Gasteiger partial charge in [0.25, 0.3) is 0 Å². The van der Waals surface area contributed by atoms with Crippen molar-refractivity contribution in [1.29, 1.82) is 0 Å². The summed E-state index contributed by atoms with van der Waals surface area (Å²) in [6.45, 7) is 7.25. The first-order valence-corrected chi connectivity index (χ1v) is 7.97. The number of aliphatic hydroxyl groups excluding tert-OH is 1. The van der Waals surface area contributed by atoms with Crippen molar-refractivity contribution in [2.24, 2.45) is 11.3 Å². The average molecular weight is 284 g/mol. The summed E-state index contributed by atoms with van der Waals surface area (Å²) in [6, 6.07) is 0.443. The third-order valence-electron chi connectivity index (χ3n) is 4.51. The van der Waals surface area contributed by atoms with E-state index in [0.29, 0.717) is 12.6 Å². The number of nitrogens with zero attached hydrogens (tertiary/aromatic N) is 1. The number of nitrogens with one attached hydrogen (secondary N) is 1. The fourth-order valence-electron chi connectivity index (χ4n) is 2.89. The van der Waals surface area contributed by atoms with Crippen LogP contribution in [0.1, 0.15) is 59.3 Å². The molecule has 0 heterocycles. The maximum Gasteiger partial charge on any atom is 0.317 e. The van der Waals surface area contributed by atoms with Crippen LogP contribution in [0.2, 0.25) is 0 Å². The zero-order valence-corrected chi connectivity index (χ0v) is 13.6. The Morgan fingerprint density at radius 1 is 1.40 bits per heavy atom. The third-order valence-corrected chi connectivity index (χ3v) is 4.51. The molecule has 0 saturated heterocycles. The van der Waals surface area contributed by atoms with Crippen LogP contribution < -0.4 is 5.32 Å². The maximum absolute atomic E-state index is 12.1. The van der Waals surface area contributed by atoms with Gasteiger partial charge in [0.1, 0.15) is 0 Å². The molecule has 20 heavy (non-hydrogen) atoms. The predicted molar refractivity (Wildman–Crippen MR) is 82.7 cm³/mol. The molecule has 4 nitrogen and oxygen atoms in total. The van der Waals surface area contributed by atoms with E-state index in [1.807, 2.05) is 25.8 Å². The summed E-state index contributed by atoms with van der Waals surface area (Å²) >= 11 is 0. The molecule has 118 valence electrons. The van der Waals surface area contributed by atoms with E-state index in [0.717, 1.165) is 31.6 Å². The summed E-state index contributed by atoms with van der Waals surface area (Å²) < 4.78 is 0. The highest BCUT2D eigenvalue weighted by Gasteiger charge is 2.25. The van der Waals surface area contributed by atoms with Crippen molar-refractivity contribution in [3.63, 3.8) is 0 Å². The van der Waals surface area contributed by atoms with Crippen LogP contribution in [0.15, 0.2) is 0 Å². The Labute approximate surface area is 123 Å². The van der Waals surface area contributed by atoms with E-state index in [1.165, 1.54) is 12.8 Å². The molecule has 2 N–H and O–H groups in total. The van der Waals surface area contributed by atoms with Crippen molar-refractivity contribution in [3.05, 3.63) is 0 Å². The molecule has 0 radical (unpaired) electrons. The second-order valence-electron chi connectivity index (χ2n) is 7.19. The molecule has 1 aliphatic rings. The number of amides is 2. The van der Waals surface area contributed by atoms with Gasteiger partial charge in [-0.25, -0.2) is 4.79 Å². The molecular weight excluding hydrogens is 252 g/mol. The zero-order chi connectivity index (χ0) is 15.2. The van der Waals surface area contributed by atoms with Gasteiger partial charge in [-0.15, -0.1) is 0 Å². The first kappa shape index (κ1) is 17.3. The molecule has 4 heteroatoms. The highest BCUT2D eigenvalue weighted by molar-refractivity contribution is 5.74. The molecule has 0 aromatic heterocycles. The molecule has 0 aromatic carbocycles. The molecule has 0 unspecified atom stereocenters. The molecule has 1 aliphatic carbocycles. The summed E-state index contributed by atoms with van der Waals surface area (Å²) in [4.78, 5) is 14.0. The summed E-state index contributed by atoms with van der Waals surface area (Å²) in [7, 11) is 1.91. The van der Waals surface area contributed by atoms with Gasteiger partial charge < -0.3 is 15.3 Å². The van der Waals surface area contributed by atoms with Crippen molar-refractivity contribution in [2.75, 3.05) is 20.2 Å². The van der Waals surface area contributed by atoms with Crippen LogP contribution in [0, 0.1) is 11.3 Å². The number of aliphatic hydroxyl groups is 1. The molecule has 0 aliphatic heterocycles. The van der Waals surface area contributed by atoms with Crippen molar-refractivity contribution in [3.8, 4) is 0 Å². The number of rotatable bonds is 6. The second kappa shape index (κ2) is 7.87. The Morgan fingerprint density at radius 3 is 2.70 bits per heavy atom. The van der Waals surface area contributed by atoms with Crippen LogP contribution in [0.3, 0.4) is 0 Å². The third kappa shape index (κ3) is 5.70. The predicted octanol–water partition coefficient (Wildman–Crippen LogP) is 3.01. The smallest absolute Gasteiger partial charge is 0.317 e. The number of urea groups is 1. The van der Waals surface area contributed by atoms with Crippen LogP contribution in [0.25, 0.3) is 0 Å². The molecule has 0 spiro atoms. The van der Waals surface area contributed by atoms with Gasteiger partial charge in [0.15, 0.2) is 0 Å². The summed E-state index contributed by atoms with van der Waals surface area (Å²) in [5.41, 5.74) is -0.0462. The standard InChI is InChI=1S/C16H32N2O2/c1-13-7-5-8-14(11-13)18(4)15(20)17-10-6-9-16(2,3)12-19/h13-14,19H,5-12H2,1-4H3,(H,17,20)/t13-,14-/m0/s1. The molecular formula is C16H32N2O2. The van der Waals surface area contributed by atoms with Gasteiger partial charge >= 0.3 is 6.03 Å². The fraction of sp³-hybridized carbons (Fsp3) is 0.938. The average Bonchev–Trinajstić information content (AvgIpc) is 2.42. The number of carbonyl (C=O) groups is 1. The molecule has 0 bridgehead atoms. The minimum absolute atomic E-state index is 0.0462. The largest absolute Gasteiger partial charge is 0.396 e.